The average Bonchev–Trinajstić information content (AvgIpc) is 3.36. The van der Waals surface area contributed by atoms with Crippen LogP contribution in [0.2, 0.25) is 5.02 Å². The van der Waals surface area contributed by atoms with Crippen LogP contribution < -0.4 is 5.32 Å². The Morgan fingerprint density at radius 2 is 1.83 bits per heavy atom. The Hall–Kier alpha value is -1.65. The van der Waals surface area contributed by atoms with E-state index in [4.69, 9.17) is 11.6 Å². The zero-order chi connectivity index (χ0) is 16.2. The molecule has 1 saturated carbocycles. The van der Waals surface area contributed by atoms with Gasteiger partial charge in [0.1, 0.15) is 0 Å². The summed E-state index contributed by atoms with van der Waals surface area (Å²) >= 11 is 6.17. The molecule has 0 bridgehead atoms. The van der Waals surface area contributed by atoms with Crippen LogP contribution in [0.15, 0.2) is 59.5 Å². The number of amides is 1. The Morgan fingerprint density at radius 1 is 1.13 bits per heavy atom. The van der Waals surface area contributed by atoms with Crippen molar-refractivity contribution in [3.63, 3.8) is 0 Å². The van der Waals surface area contributed by atoms with Crippen LogP contribution in [0.5, 0.6) is 0 Å². The fourth-order valence-corrected chi connectivity index (χ4v) is 3.95. The van der Waals surface area contributed by atoms with E-state index < -0.39 is 10.8 Å². The lowest BCUT2D eigenvalue weighted by molar-refractivity contribution is -0.122. The van der Waals surface area contributed by atoms with Crippen molar-refractivity contribution in [1.29, 1.82) is 0 Å². The second kappa shape index (κ2) is 7.28. The minimum atomic E-state index is -1.08. The second-order valence-electron chi connectivity index (χ2n) is 5.62. The Balaban J connectivity index is 1.46. The highest BCUT2D eigenvalue weighted by atomic mass is 35.5. The molecule has 5 heteroatoms. The van der Waals surface area contributed by atoms with Gasteiger partial charge in [-0.1, -0.05) is 48.0 Å². The molecule has 0 radical (unpaired) electrons. The second-order valence-corrected chi connectivity index (χ2v) is 7.60. The molecule has 1 aliphatic carbocycles. The van der Waals surface area contributed by atoms with Gasteiger partial charge in [-0.2, -0.15) is 0 Å². The van der Waals surface area contributed by atoms with Gasteiger partial charge in [-0.05, 0) is 36.1 Å². The van der Waals surface area contributed by atoms with Crippen LogP contribution in [0.25, 0.3) is 0 Å². The number of nitrogens with one attached hydrogen (secondary N) is 1. The molecule has 0 aromatic heterocycles. The van der Waals surface area contributed by atoms with Crippen molar-refractivity contribution < 1.29 is 9.00 Å². The molecule has 0 spiro atoms. The van der Waals surface area contributed by atoms with E-state index in [1.54, 1.807) is 0 Å². The predicted octanol–water partition coefficient (Wildman–Crippen LogP) is 3.37. The summed E-state index contributed by atoms with van der Waals surface area (Å²) in [4.78, 5) is 13.0. The molecule has 0 aliphatic heterocycles. The smallest absolute Gasteiger partial charge is 0.223 e. The van der Waals surface area contributed by atoms with Crippen molar-refractivity contribution >= 4 is 28.3 Å². The summed E-state index contributed by atoms with van der Waals surface area (Å²) < 4.78 is 12.1. The molecule has 1 fully saturated rings. The summed E-state index contributed by atoms with van der Waals surface area (Å²) in [5, 5.41) is 3.61. The maximum atomic E-state index is 12.2. The van der Waals surface area contributed by atoms with Crippen molar-refractivity contribution in [3.8, 4) is 0 Å². The van der Waals surface area contributed by atoms with Crippen LogP contribution in [0, 0.1) is 5.92 Å². The topological polar surface area (TPSA) is 46.2 Å². The summed E-state index contributed by atoms with van der Waals surface area (Å²) in [6.45, 7) is 0.423. The van der Waals surface area contributed by atoms with E-state index in [0.29, 0.717) is 12.3 Å². The summed E-state index contributed by atoms with van der Waals surface area (Å²) in [7, 11) is -1.08. The zero-order valence-corrected chi connectivity index (χ0v) is 14.1. The van der Waals surface area contributed by atoms with Gasteiger partial charge in [0.15, 0.2) is 0 Å². The van der Waals surface area contributed by atoms with Crippen molar-refractivity contribution in [3.05, 3.63) is 65.2 Å². The molecular formula is C18H18ClNO2S. The third-order valence-corrected chi connectivity index (χ3v) is 5.74. The maximum absolute atomic E-state index is 12.2. The Kier molecular flexibility index (Phi) is 5.13. The molecule has 1 aliphatic rings. The summed E-state index contributed by atoms with van der Waals surface area (Å²) in [5.74, 6) is 0.655. The first-order chi connectivity index (χ1) is 11.2. The molecule has 120 valence electrons. The fraction of sp³-hybridized carbons (Fsp3) is 0.278. The first-order valence-corrected chi connectivity index (χ1v) is 9.32. The SMILES string of the molecule is O=C(NCC[S@@](=O)c1ccccc1)[C@@H]1C[C@@H]1c1ccccc1Cl. The first-order valence-electron chi connectivity index (χ1n) is 7.62. The Labute approximate surface area is 143 Å². The number of hydrogen-bond acceptors (Lipinski definition) is 2. The molecule has 0 saturated heterocycles. The fourth-order valence-electron chi connectivity index (χ4n) is 2.69. The van der Waals surface area contributed by atoms with Crippen molar-refractivity contribution in [2.75, 3.05) is 12.3 Å². The van der Waals surface area contributed by atoms with Gasteiger partial charge in [-0.15, -0.1) is 0 Å². The minimum absolute atomic E-state index is 0.0138. The molecule has 1 amide bonds. The molecule has 3 nitrogen and oxygen atoms in total. The minimum Gasteiger partial charge on any atom is -0.355 e. The molecule has 2 aromatic rings. The van der Waals surface area contributed by atoms with E-state index in [1.807, 2.05) is 54.6 Å². The van der Waals surface area contributed by atoms with Gasteiger partial charge in [0.2, 0.25) is 5.91 Å². The maximum Gasteiger partial charge on any atom is 0.223 e. The molecule has 1 N–H and O–H groups in total. The lowest BCUT2D eigenvalue weighted by Crippen LogP contribution is -2.29. The summed E-state index contributed by atoms with van der Waals surface area (Å²) in [6, 6.07) is 17.0. The lowest BCUT2D eigenvalue weighted by atomic mass is 10.1. The van der Waals surface area contributed by atoms with E-state index in [-0.39, 0.29) is 17.7 Å². The van der Waals surface area contributed by atoms with Crippen molar-refractivity contribution in [2.45, 2.75) is 17.2 Å². The van der Waals surface area contributed by atoms with E-state index in [1.165, 1.54) is 0 Å². The van der Waals surface area contributed by atoms with Gasteiger partial charge < -0.3 is 5.32 Å². The summed E-state index contributed by atoms with van der Waals surface area (Å²) in [5.41, 5.74) is 1.04. The third-order valence-electron chi connectivity index (χ3n) is 4.02. The molecule has 2 aromatic carbocycles. The van der Waals surface area contributed by atoms with Gasteiger partial charge in [0.25, 0.3) is 0 Å². The van der Waals surface area contributed by atoms with E-state index in [2.05, 4.69) is 5.32 Å². The quantitative estimate of drug-likeness (QED) is 0.870. The molecule has 23 heavy (non-hydrogen) atoms. The zero-order valence-electron chi connectivity index (χ0n) is 12.6. The number of rotatable bonds is 6. The number of hydrogen-bond donors (Lipinski definition) is 1. The normalized spacial score (nSPS) is 20.7. The van der Waals surface area contributed by atoms with Gasteiger partial charge in [0, 0.05) is 28.1 Å². The lowest BCUT2D eigenvalue weighted by Gasteiger charge is -2.06. The monoisotopic (exact) mass is 347 g/mol. The highest BCUT2D eigenvalue weighted by Crippen LogP contribution is 2.49. The van der Waals surface area contributed by atoms with Gasteiger partial charge in [0.05, 0.1) is 10.8 Å². The first kappa shape index (κ1) is 16.2. The number of halogens is 1. The van der Waals surface area contributed by atoms with E-state index >= 15 is 0 Å². The predicted molar refractivity (Wildman–Crippen MR) is 93.0 cm³/mol. The molecule has 3 rings (SSSR count). The highest BCUT2D eigenvalue weighted by Gasteiger charge is 2.44. The number of carbonyl (C=O) groups is 1. The number of carbonyl (C=O) groups excluding carboxylic acids is 1. The van der Waals surface area contributed by atoms with Crippen LogP contribution in [0.1, 0.15) is 17.9 Å². The average molecular weight is 348 g/mol. The van der Waals surface area contributed by atoms with Gasteiger partial charge in [-0.3, -0.25) is 9.00 Å². The van der Waals surface area contributed by atoms with Crippen LogP contribution in [0.3, 0.4) is 0 Å². The highest BCUT2D eigenvalue weighted by molar-refractivity contribution is 7.85. The Bertz CT molecular complexity index is 720. The van der Waals surface area contributed by atoms with E-state index in [9.17, 15) is 9.00 Å². The van der Waals surface area contributed by atoms with Crippen LogP contribution in [0.4, 0.5) is 0 Å². The molecular weight excluding hydrogens is 330 g/mol. The molecule has 3 atom stereocenters. The van der Waals surface area contributed by atoms with Crippen LogP contribution >= 0.6 is 11.6 Å². The molecule has 0 heterocycles. The van der Waals surface area contributed by atoms with Crippen molar-refractivity contribution in [2.24, 2.45) is 5.92 Å². The summed E-state index contributed by atoms with van der Waals surface area (Å²) in [6.07, 6.45) is 0.831. The number of benzene rings is 2. The third kappa shape index (κ3) is 4.01. The van der Waals surface area contributed by atoms with E-state index in [0.717, 1.165) is 21.9 Å². The standard InChI is InChI=1S/C18H18ClNO2S/c19-17-9-5-4-8-14(17)15-12-16(15)18(21)20-10-11-23(22)13-6-2-1-3-7-13/h1-9,15-16H,10-12H2,(H,20,21)/t15-,16-,23-/m1/s1. The van der Waals surface area contributed by atoms with Crippen LogP contribution in [-0.4, -0.2) is 22.4 Å². The van der Waals surface area contributed by atoms with Gasteiger partial charge in [-0.25, -0.2) is 0 Å². The van der Waals surface area contributed by atoms with Crippen molar-refractivity contribution in [1.82, 2.24) is 5.32 Å². The Morgan fingerprint density at radius 3 is 2.57 bits per heavy atom. The van der Waals surface area contributed by atoms with Crippen LogP contribution in [-0.2, 0) is 15.6 Å². The van der Waals surface area contributed by atoms with Gasteiger partial charge >= 0.3 is 0 Å². The molecule has 0 unspecified atom stereocenters. The largest absolute Gasteiger partial charge is 0.355 e.